The molecule has 3 heteroatoms. The van der Waals surface area contributed by atoms with Gasteiger partial charge in [0, 0.05) is 6.54 Å². The van der Waals surface area contributed by atoms with Crippen molar-refractivity contribution in [1.82, 2.24) is 10.6 Å². The van der Waals surface area contributed by atoms with Crippen LogP contribution < -0.4 is 10.6 Å². The Hall–Kier alpha value is -0.570. The third-order valence-electron chi connectivity index (χ3n) is 4.99. The van der Waals surface area contributed by atoms with E-state index in [-0.39, 0.29) is 16.7 Å². The maximum atomic E-state index is 12.5. The standard InChI is InChI=1S/C15H30N2O/c1-6-15(7-9-16-10-8-15)13(18)17-11-14(4,5)12(2)3/h12,16H,6-11H2,1-5H3,(H,17,18). The summed E-state index contributed by atoms with van der Waals surface area (Å²) in [5.74, 6) is 0.837. The molecule has 1 fully saturated rings. The lowest BCUT2D eigenvalue weighted by Crippen LogP contribution is -2.49. The Balaban J connectivity index is 2.58. The number of hydrogen-bond donors (Lipinski definition) is 2. The summed E-state index contributed by atoms with van der Waals surface area (Å²) in [6.45, 7) is 13.7. The molecular formula is C15H30N2O. The zero-order valence-electron chi connectivity index (χ0n) is 12.7. The lowest BCUT2D eigenvalue weighted by atomic mass is 9.75. The van der Waals surface area contributed by atoms with E-state index in [1.807, 2.05) is 0 Å². The number of carbonyl (C=O) groups excluding carboxylic acids is 1. The van der Waals surface area contributed by atoms with E-state index in [1.165, 1.54) is 0 Å². The van der Waals surface area contributed by atoms with Crippen LogP contribution in [0.3, 0.4) is 0 Å². The molecule has 106 valence electrons. The summed E-state index contributed by atoms with van der Waals surface area (Å²) in [6, 6.07) is 0. The van der Waals surface area contributed by atoms with E-state index in [2.05, 4.69) is 45.3 Å². The number of amides is 1. The Morgan fingerprint density at radius 1 is 1.33 bits per heavy atom. The smallest absolute Gasteiger partial charge is 0.226 e. The molecule has 0 aliphatic carbocycles. The predicted molar refractivity (Wildman–Crippen MR) is 76.5 cm³/mol. The van der Waals surface area contributed by atoms with Gasteiger partial charge >= 0.3 is 0 Å². The topological polar surface area (TPSA) is 41.1 Å². The Labute approximate surface area is 112 Å². The molecule has 0 unspecified atom stereocenters. The van der Waals surface area contributed by atoms with Crippen molar-refractivity contribution in [2.75, 3.05) is 19.6 Å². The van der Waals surface area contributed by atoms with Gasteiger partial charge in [0.1, 0.15) is 0 Å². The van der Waals surface area contributed by atoms with Crippen molar-refractivity contribution in [2.24, 2.45) is 16.7 Å². The van der Waals surface area contributed by atoms with Crippen molar-refractivity contribution >= 4 is 5.91 Å². The summed E-state index contributed by atoms with van der Waals surface area (Å²) in [5, 5.41) is 6.54. The summed E-state index contributed by atoms with van der Waals surface area (Å²) >= 11 is 0. The molecule has 0 aromatic carbocycles. The molecule has 3 nitrogen and oxygen atoms in total. The van der Waals surface area contributed by atoms with Gasteiger partial charge in [-0.2, -0.15) is 0 Å². The maximum absolute atomic E-state index is 12.5. The molecule has 18 heavy (non-hydrogen) atoms. The molecule has 0 spiro atoms. The highest BCUT2D eigenvalue weighted by molar-refractivity contribution is 5.82. The first-order chi connectivity index (χ1) is 8.34. The lowest BCUT2D eigenvalue weighted by molar-refractivity contribution is -0.133. The summed E-state index contributed by atoms with van der Waals surface area (Å²) in [4.78, 5) is 12.5. The van der Waals surface area contributed by atoms with E-state index in [1.54, 1.807) is 0 Å². The Morgan fingerprint density at radius 3 is 2.33 bits per heavy atom. The molecule has 1 amide bonds. The van der Waals surface area contributed by atoms with E-state index < -0.39 is 0 Å². The predicted octanol–water partition coefficient (Wildman–Crippen LogP) is 2.56. The molecule has 1 saturated heterocycles. The zero-order chi connectivity index (χ0) is 13.8. The van der Waals surface area contributed by atoms with Crippen LogP contribution in [-0.2, 0) is 4.79 Å². The van der Waals surface area contributed by atoms with Crippen LogP contribution in [0.1, 0.15) is 53.9 Å². The first-order valence-electron chi connectivity index (χ1n) is 7.33. The van der Waals surface area contributed by atoms with E-state index in [0.717, 1.165) is 38.9 Å². The molecule has 1 aliphatic rings. The van der Waals surface area contributed by atoms with Crippen LogP contribution in [-0.4, -0.2) is 25.5 Å². The minimum atomic E-state index is -0.127. The first kappa shape index (κ1) is 15.5. The van der Waals surface area contributed by atoms with Gasteiger partial charge in [0.05, 0.1) is 5.41 Å². The van der Waals surface area contributed by atoms with Gasteiger partial charge in [0.25, 0.3) is 0 Å². The zero-order valence-corrected chi connectivity index (χ0v) is 12.7. The van der Waals surface area contributed by atoms with E-state index in [4.69, 9.17) is 0 Å². The maximum Gasteiger partial charge on any atom is 0.226 e. The second-order valence-corrected chi connectivity index (χ2v) is 6.71. The number of nitrogens with one attached hydrogen (secondary N) is 2. The van der Waals surface area contributed by atoms with E-state index >= 15 is 0 Å². The quantitative estimate of drug-likeness (QED) is 0.791. The third-order valence-corrected chi connectivity index (χ3v) is 4.99. The Kier molecular flexibility index (Phi) is 5.20. The van der Waals surface area contributed by atoms with Crippen LogP contribution >= 0.6 is 0 Å². The van der Waals surface area contributed by atoms with Crippen molar-refractivity contribution in [2.45, 2.75) is 53.9 Å². The number of rotatable bonds is 5. The van der Waals surface area contributed by atoms with E-state index in [0.29, 0.717) is 5.92 Å². The second kappa shape index (κ2) is 6.05. The van der Waals surface area contributed by atoms with Crippen molar-refractivity contribution in [3.63, 3.8) is 0 Å². The molecule has 0 radical (unpaired) electrons. The van der Waals surface area contributed by atoms with Gasteiger partial charge in [-0.3, -0.25) is 4.79 Å². The Bertz CT molecular complexity index is 278. The van der Waals surface area contributed by atoms with Crippen molar-refractivity contribution in [3.05, 3.63) is 0 Å². The van der Waals surface area contributed by atoms with Gasteiger partial charge in [-0.25, -0.2) is 0 Å². The van der Waals surface area contributed by atoms with Crippen LogP contribution in [0.2, 0.25) is 0 Å². The van der Waals surface area contributed by atoms with Crippen molar-refractivity contribution < 1.29 is 4.79 Å². The number of carbonyl (C=O) groups is 1. The van der Waals surface area contributed by atoms with Crippen LogP contribution in [0.15, 0.2) is 0 Å². The lowest BCUT2D eigenvalue weighted by Gasteiger charge is -2.37. The first-order valence-corrected chi connectivity index (χ1v) is 7.33. The monoisotopic (exact) mass is 254 g/mol. The second-order valence-electron chi connectivity index (χ2n) is 6.71. The van der Waals surface area contributed by atoms with Crippen LogP contribution in [0.4, 0.5) is 0 Å². The number of piperidine rings is 1. The third kappa shape index (κ3) is 3.47. The van der Waals surface area contributed by atoms with Gasteiger partial charge in [-0.15, -0.1) is 0 Å². The average molecular weight is 254 g/mol. The Morgan fingerprint density at radius 2 is 1.89 bits per heavy atom. The fourth-order valence-corrected chi connectivity index (χ4v) is 2.35. The molecule has 1 heterocycles. The van der Waals surface area contributed by atoms with Crippen LogP contribution in [0.5, 0.6) is 0 Å². The molecular weight excluding hydrogens is 224 g/mol. The van der Waals surface area contributed by atoms with Gasteiger partial charge in [0.15, 0.2) is 0 Å². The molecule has 0 aromatic heterocycles. The molecule has 2 N–H and O–H groups in total. The fraction of sp³-hybridized carbons (Fsp3) is 0.933. The van der Waals surface area contributed by atoms with Crippen LogP contribution in [0, 0.1) is 16.7 Å². The molecule has 1 aliphatic heterocycles. The largest absolute Gasteiger partial charge is 0.355 e. The highest BCUT2D eigenvalue weighted by Gasteiger charge is 2.38. The summed E-state index contributed by atoms with van der Waals surface area (Å²) < 4.78 is 0. The number of hydrogen-bond acceptors (Lipinski definition) is 2. The highest BCUT2D eigenvalue weighted by atomic mass is 16.2. The van der Waals surface area contributed by atoms with Crippen molar-refractivity contribution in [3.8, 4) is 0 Å². The van der Waals surface area contributed by atoms with Gasteiger partial charge in [-0.05, 0) is 43.7 Å². The minimum Gasteiger partial charge on any atom is -0.355 e. The average Bonchev–Trinajstić information content (AvgIpc) is 2.36. The van der Waals surface area contributed by atoms with Crippen LogP contribution in [0.25, 0.3) is 0 Å². The molecule has 0 aromatic rings. The molecule has 0 bridgehead atoms. The normalized spacial score (nSPS) is 19.9. The van der Waals surface area contributed by atoms with Gasteiger partial charge in [0.2, 0.25) is 5.91 Å². The SMILES string of the molecule is CCC1(C(=O)NCC(C)(C)C(C)C)CCNCC1. The van der Waals surface area contributed by atoms with Crippen molar-refractivity contribution in [1.29, 1.82) is 0 Å². The summed E-state index contributed by atoms with van der Waals surface area (Å²) in [5.41, 5.74) is 0.0375. The highest BCUT2D eigenvalue weighted by Crippen LogP contribution is 2.33. The van der Waals surface area contributed by atoms with Gasteiger partial charge < -0.3 is 10.6 Å². The summed E-state index contributed by atoms with van der Waals surface area (Å²) in [7, 11) is 0. The fourth-order valence-electron chi connectivity index (χ4n) is 2.35. The van der Waals surface area contributed by atoms with E-state index in [9.17, 15) is 4.79 Å². The van der Waals surface area contributed by atoms with Gasteiger partial charge in [-0.1, -0.05) is 34.6 Å². The molecule has 1 rings (SSSR count). The summed E-state index contributed by atoms with van der Waals surface area (Å²) in [6.07, 6.45) is 2.89. The molecule has 0 atom stereocenters. The minimum absolute atomic E-state index is 0.127. The molecule has 0 saturated carbocycles.